The van der Waals surface area contributed by atoms with Crippen molar-refractivity contribution in [3.63, 3.8) is 0 Å². The van der Waals surface area contributed by atoms with Crippen LogP contribution in [0.2, 0.25) is 0 Å². The summed E-state index contributed by atoms with van der Waals surface area (Å²) in [6.45, 7) is 6.30. The lowest BCUT2D eigenvalue weighted by atomic mass is 10.1. The van der Waals surface area contributed by atoms with Crippen molar-refractivity contribution in [3.8, 4) is 11.5 Å². The first-order chi connectivity index (χ1) is 17.7. The molecule has 0 aliphatic carbocycles. The summed E-state index contributed by atoms with van der Waals surface area (Å²) >= 11 is 0. The normalized spacial score (nSPS) is 11.6. The molecular weight excluding hydrogens is 475 g/mol. The summed E-state index contributed by atoms with van der Waals surface area (Å²) in [7, 11) is 3.16. The Morgan fingerprint density at radius 1 is 1.00 bits per heavy atom. The van der Waals surface area contributed by atoms with Crippen molar-refractivity contribution in [2.75, 3.05) is 27.3 Å². The molecule has 1 unspecified atom stereocenters. The molecule has 2 amide bonds. The van der Waals surface area contributed by atoms with E-state index in [0.717, 1.165) is 11.3 Å². The van der Waals surface area contributed by atoms with Crippen LogP contribution in [0.1, 0.15) is 47.7 Å². The quantitative estimate of drug-likeness (QED) is 0.333. The first kappa shape index (κ1) is 27.8. The van der Waals surface area contributed by atoms with E-state index in [2.05, 4.69) is 0 Å². The van der Waals surface area contributed by atoms with E-state index in [9.17, 15) is 14.0 Å². The van der Waals surface area contributed by atoms with Gasteiger partial charge in [-0.1, -0.05) is 13.0 Å². The zero-order valence-corrected chi connectivity index (χ0v) is 22.1. The highest BCUT2D eigenvalue weighted by molar-refractivity contribution is 5.96. The number of hydrogen-bond acceptors (Lipinski definition) is 5. The van der Waals surface area contributed by atoms with Gasteiger partial charge in [-0.15, -0.1) is 0 Å². The number of ether oxygens (including phenoxy) is 2. The molecule has 1 aromatic heterocycles. The van der Waals surface area contributed by atoms with Gasteiger partial charge in [-0.2, -0.15) is 0 Å². The van der Waals surface area contributed by atoms with Crippen molar-refractivity contribution in [3.05, 3.63) is 83.1 Å². The molecule has 0 fully saturated rings. The number of amides is 2. The molecule has 0 N–H and O–H groups in total. The van der Waals surface area contributed by atoms with E-state index < -0.39 is 5.82 Å². The Morgan fingerprint density at radius 3 is 2.30 bits per heavy atom. The third-order valence-corrected chi connectivity index (χ3v) is 6.39. The molecule has 0 saturated carbocycles. The second-order valence-corrected chi connectivity index (χ2v) is 8.96. The Morgan fingerprint density at radius 2 is 1.70 bits per heavy atom. The second kappa shape index (κ2) is 12.9. The summed E-state index contributed by atoms with van der Waals surface area (Å²) < 4.78 is 29.9. The minimum atomic E-state index is -0.419. The number of halogens is 1. The number of aryl methyl sites for hydroxylation is 1. The Labute approximate surface area is 217 Å². The first-order valence-electron chi connectivity index (χ1n) is 12.4. The number of benzene rings is 2. The van der Waals surface area contributed by atoms with Gasteiger partial charge in [0.2, 0.25) is 5.91 Å². The van der Waals surface area contributed by atoms with Crippen LogP contribution >= 0.6 is 0 Å². The monoisotopic (exact) mass is 510 g/mol. The van der Waals surface area contributed by atoms with Gasteiger partial charge in [-0.3, -0.25) is 9.59 Å². The van der Waals surface area contributed by atoms with Crippen LogP contribution in [0.4, 0.5) is 4.39 Å². The molecule has 3 rings (SSSR count). The summed E-state index contributed by atoms with van der Waals surface area (Å²) in [5.41, 5.74) is 1.32. The summed E-state index contributed by atoms with van der Waals surface area (Å²) in [5, 5.41) is 0. The molecule has 8 heteroatoms. The maximum absolute atomic E-state index is 13.6. The van der Waals surface area contributed by atoms with Crippen LogP contribution in [0.3, 0.4) is 0 Å². The Bertz CT molecular complexity index is 1190. The highest BCUT2D eigenvalue weighted by atomic mass is 19.1. The third kappa shape index (κ3) is 7.35. The van der Waals surface area contributed by atoms with Crippen LogP contribution < -0.4 is 9.47 Å². The van der Waals surface area contributed by atoms with Crippen LogP contribution in [0, 0.1) is 12.7 Å². The van der Waals surface area contributed by atoms with E-state index in [1.54, 1.807) is 24.0 Å². The largest absolute Gasteiger partial charge is 0.493 e. The molecule has 1 heterocycles. The predicted molar refractivity (Wildman–Crippen MR) is 139 cm³/mol. The highest BCUT2D eigenvalue weighted by Crippen LogP contribution is 2.28. The lowest BCUT2D eigenvalue weighted by Crippen LogP contribution is -2.46. The fourth-order valence-electron chi connectivity index (χ4n) is 4.00. The van der Waals surface area contributed by atoms with Crippen molar-refractivity contribution in [2.24, 2.45) is 0 Å². The minimum Gasteiger partial charge on any atom is -0.493 e. The molecule has 0 bridgehead atoms. The number of methoxy groups -OCH3 is 2. The van der Waals surface area contributed by atoms with Crippen LogP contribution in [-0.4, -0.2) is 55.0 Å². The number of furan rings is 1. The Balaban J connectivity index is 1.81. The number of nitrogens with zero attached hydrogens (tertiary/aromatic N) is 2. The van der Waals surface area contributed by atoms with E-state index in [1.165, 1.54) is 24.3 Å². The third-order valence-electron chi connectivity index (χ3n) is 6.39. The van der Waals surface area contributed by atoms with Gasteiger partial charge in [0, 0.05) is 18.2 Å². The van der Waals surface area contributed by atoms with Gasteiger partial charge in [-0.25, -0.2) is 4.39 Å². The van der Waals surface area contributed by atoms with E-state index in [0.29, 0.717) is 42.2 Å². The maximum Gasteiger partial charge on any atom is 0.254 e. The molecule has 0 saturated heterocycles. The zero-order chi connectivity index (χ0) is 26.9. The molecule has 7 nitrogen and oxygen atoms in total. The molecule has 198 valence electrons. The summed E-state index contributed by atoms with van der Waals surface area (Å²) in [4.78, 5) is 30.1. The smallest absolute Gasteiger partial charge is 0.254 e. The molecule has 0 radical (unpaired) electrons. The van der Waals surface area contributed by atoms with E-state index in [-0.39, 0.29) is 30.9 Å². The topological polar surface area (TPSA) is 72.2 Å². The average molecular weight is 511 g/mol. The molecule has 3 aromatic rings. The lowest BCUT2D eigenvalue weighted by Gasteiger charge is -2.31. The van der Waals surface area contributed by atoms with Gasteiger partial charge in [0.1, 0.15) is 23.9 Å². The van der Waals surface area contributed by atoms with Crippen LogP contribution in [0.5, 0.6) is 11.5 Å². The zero-order valence-electron chi connectivity index (χ0n) is 22.1. The molecule has 1 atom stereocenters. The molecule has 2 aromatic carbocycles. The SMILES string of the molecule is CCC(C)N(CC(=O)N(CCc1ccc(OC)c(OC)c1)Cc1ccc(C)o1)C(=O)c1ccc(F)cc1. The van der Waals surface area contributed by atoms with Crippen molar-refractivity contribution in [1.29, 1.82) is 0 Å². The highest BCUT2D eigenvalue weighted by Gasteiger charge is 2.26. The summed E-state index contributed by atoms with van der Waals surface area (Å²) in [6, 6.07) is 14.6. The Kier molecular flexibility index (Phi) is 9.71. The molecule has 0 aliphatic rings. The molecular formula is C29H35FN2O5. The van der Waals surface area contributed by atoms with E-state index in [4.69, 9.17) is 13.9 Å². The lowest BCUT2D eigenvalue weighted by molar-refractivity contribution is -0.133. The molecule has 0 aliphatic heterocycles. The van der Waals surface area contributed by atoms with Crippen molar-refractivity contribution in [2.45, 2.75) is 46.2 Å². The second-order valence-electron chi connectivity index (χ2n) is 8.96. The van der Waals surface area contributed by atoms with Crippen molar-refractivity contribution in [1.82, 2.24) is 9.80 Å². The number of carbonyl (C=O) groups excluding carboxylic acids is 2. The van der Waals surface area contributed by atoms with Crippen LogP contribution in [0.15, 0.2) is 59.0 Å². The first-order valence-corrected chi connectivity index (χ1v) is 12.4. The van der Waals surface area contributed by atoms with Gasteiger partial charge in [-0.05, 0) is 80.8 Å². The van der Waals surface area contributed by atoms with Gasteiger partial charge >= 0.3 is 0 Å². The average Bonchev–Trinajstić information content (AvgIpc) is 3.33. The van der Waals surface area contributed by atoms with Gasteiger partial charge in [0.15, 0.2) is 11.5 Å². The minimum absolute atomic E-state index is 0.100. The van der Waals surface area contributed by atoms with Crippen LogP contribution in [-0.2, 0) is 17.8 Å². The van der Waals surface area contributed by atoms with Gasteiger partial charge < -0.3 is 23.7 Å². The van der Waals surface area contributed by atoms with E-state index in [1.807, 2.05) is 51.1 Å². The number of hydrogen-bond donors (Lipinski definition) is 0. The van der Waals surface area contributed by atoms with Crippen molar-refractivity contribution < 1.29 is 27.9 Å². The number of rotatable bonds is 12. The predicted octanol–water partition coefficient (Wildman–Crippen LogP) is 5.26. The van der Waals surface area contributed by atoms with Crippen LogP contribution in [0.25, 0.3) is 0 Å². The standard InChI is InChI=1S/C29H35FN2O5/c1-6-20(2)32(29(34)23-9-11-24(30)12-10-23)19-28(33)31(18-25-13-7-21(3)37-25)16-15-22-8-14-26(35-4)27(17-22)36-5/h7-14,17,20H,6,15-16,18-19H2,1-5H3. The van der Waals surface area contributed by atoms with Crippen molar-refractivity contribution >= 4 is 11.8 Å². The molecule has 37 heavy (non-hydrogen) atoms. The van der Waals surface area contributed by atoms with Gasteiger partial charge in [0.25, 0.3) is 5.91 Å². The summed E-state index contributed by atoms with van der Waals surface area (Å²) in [6.07, 6.45) is 1.24. The van der Waals surface area contributed by atoms with E-state index >= 15 is 0 Å². The fraction of sp³-hybridized carbons (Fsp3) is 0.379. The number of carbonyl (C=O) groups is 2. The summed E-state index contributed by atoms with van der Waals surface area (Å²) in [5.74, 6) is 1.74. The maximum atomic E-state index is 13.6. The van der Waals surface area contributed by atoms with Gasteiger partial charge in [0.05, 0.1) is 20.8 Å². The Hall–Kier alpha value is -3.81. The fourth-order valence-corrected chi connectivity index (χ4v) is 4.00. The molecule has 0 spiro atoms.